The highest BCUT2D eigenvalue weighted by molar-refractivity contribution is 8.01. The first kappa shape index (κ1) is 13.4. The van der Waals surface area contributed by atoms with Gasteiger partial charge in [0.1, 0.15) is 0 Å². The molecule has 4 nitrogen and oxygen atoms in total. The number of likely N-dealkylation sites (tertiary alicyclic amines) is 1. The van der Waals surface area contributed by atoms with Crippen LogP contribution in [0.25, 0.3) is 0 Å². The van der Waals surface area contributed by atoms with E-state index in [0.717, 1.165) is 25.9 Å². The second-order valence-electron chi connectivity index (χ2n) is 4.09. The molecular formula is C11H19NO3S. The summed E-state index contributed by atoms with van der Waals surface area (Å²) in [7, 11) is 0. The van der Waals surface area contributed by atoms with Crippen molar-refractivity contribution in [1.82, 2.24) is 4.90 Å². The fourth-order valence-corrected chi connectivity index (χ4v) is 2.50. The minimum Gasteiger partial charge on any atom is -0.481 e. The highest BCUT2D eigenvalue weighted by atomic mass is 32.2. The van der Waals surface area contributed by atoms with E-state index in [0.29, 0.717) is 0 Å². The molecule has 1 unspecified atom stereocenters. The zero-order valence-electron chi connectivity index (χ0n) is 9.65. The molecule has 92 valence electrons. The average Bonchev–Trinajstić information content (AvgIpc) is 2.53. The van der Waals surface area contributed by atoms with Crippen LogP contribution in [0.15, 0.2) is 0 Å². The number of carboxylic acid groups (broad SMARTS) is 1. The van der Waals surface area contributed by atoms with Crippen LogP contribution in [0.1, 0.15) is 32.6 Å². The molecule has 1 N–H and O–H groups in total. The fraction of sp³-hybridized carbons (Fsp3) is 0.818. The zero-order valence-corrected chi connectivity index (χ0v) is 10.5. The minimum absolute atomic E-state index is 0.000741. The Morgan fingerprint density at radius 2 is 1.81 bits per heavy atom. The van der Waals surface area contributed by atoms with Crippen molar-refractivity contribution in [2.75, 3.05) is 18.8 Å². The SMILES string of the molecule is CC(SCC(=O)O)C(=O)N1CCCCCC1. The first-order valence-electron chi connectivity index (χ1n) is 5.73. The number of hydrogen-bond acceptors (Lipinski definition) is 3. The normalized spacial score (nSPS) is 18.9. The van der Waals surface area contributed by atoms with Crippen LogP contribution >= 0.6 is 11.8 Å². The lowest BCUT2D eigenvalue weighted by atomic mass is 10.2. The topological polar surface area (TPSA) is 57.6 Å². The number of thioether (sulfide) groups is 1. The van der Waals surface area contributed by atoms with Crippen LogP contribution in [0.2, 0.25) is 0 Å². The van der Waals surface area contributed by atoms with E-state index in [2.05, 4.69) is 0 Å². The lowest BCUT2D eigenvalue weighted by molar-refractivity contribution is -0.133. The summed E-state index contributed by atoms with van der Waals surface area (Å²) in [5.41, 5.74) is 0. The van der Waals surface area contributed by atoms with Crippen LogP contribution < -0.4 is 0 Å². The molecule has 1 aliphatic rings. The molecule has 0 radical (unpaired) electrons. The van der Waals surface area contributed by atoms with Crippen LogP contribution in [0.3, 0.4) is 0 Å². The maximum absolute atomic E-state index is 12.0. The molecule has 1 heterocycles. The number of rotatable bonds is 4. The zero-order chi connectivity index (χ0) is 12.0. The maximum atomic E-state index is 12.0. The van der Waals surface area contributed by atoms with Gasteiger partial charge in [-0.1, -0.05) is 12.8 Å². The van der Waals surface area contributed by atoms with Crippen molar-refractivity contribution in [1.29, 1.82) is 0 Å². The molecule has 1 saturated heterocycles. The van der Waals surface area contributed by atoms with Gasteiger partial charge in [0.15, 0.2) is 0 Å². The van der Waals surface area contributed by atoms with E-state index in [1.165, 1.54) is 24.6 Å². The Morgan fingerprint density at radius 3 is 2.31 bits per heavy atom. The van der Waals surface area contributed by atoms with Gasteiger partial charge in [0.25, 0.3) is 0 Å². The molecule has 1 rings (SSSR count). The predicted octanol–water partition coefficient (Wildman–Crippen LogP) is 1.60. The number of nitrogens with zero attached hydrogens (tertiary/aromatic N) is 1. The van der Waals surface area contributed by atoms with E-state index in [1.807, 2.05) is 4.90 Å². The first-order valence-corrected chi connectivity index (χ1v) is 6.78. The van der Waals surface area contributed by atoms with Crippen molar-refractivity contribution >= 4 is 23.6 Å². The number of carboxylic acids is 1. The number of amides is 1. The number of carbonyl (C=O) groups excluding carboxylic acids is 1. The highest BCUT2D eigenvalue weighted by Gasteiger charge is 2.22. The fourth-order valence-electron chi connectivity index (χ4n) is 1.82. The standard InChI is InChI=1S/C11H19NO3S/c1-9(16-8-10(13)14)11(15)12-6-4-2-3-5-7-12/h9H,2-8H2,1H3,(H,13,14). The lowest BCUT2D eigenvalue weighted by Crippen LogP contribution is -2.37. The lowest BCUT2D eigenvalue weighted by Gasteiger charge is -2.23. The van der Waals surface area contributed by atoms with Gasteiger partial charge in [0.2, 0.25) is 5.91 Å². The van der Waals surface area contributed by atoms with Crippen LogP contribution in [-0.4, -0.2) is 46.0 Å². The largest absolute Gasteiger partial charge is 0.481 e. The average molecular weight is 245 g/mol. The number of aliphatic carboxylic acids is 1. The van der Waals surface area contributed by atoms with E-state index in [4.69, 9.17) is 5.11 Å². The second-order valence-corrected chi connectivity index (χ2v) is 5.42. The summed E-state index contributed by atoms with van der Waals surface area (Å²) in [6.45, 7) is 3.45. The van der Waals surface area contributed by atoms with Crippen molar-refractivity contribution in [3.63, 3.8) is 0 Å². The van der Waals surface area contributed by atoms with E-state index in [9.17, 15) is 9.59 Å². The van der Waals surface area contributed by atoms with Gasteiger partial charge < -0.3 is 10.0 Å². The molecule has 0 saturated carbocycles. The molecule has 5 heteroatoms. The Kier molecular flexibility index (Phi) is 5.66. The molecular weight excluding hydrogens is 226 g/mol. The molecule has 0 spiro atoms. The molecule has 1 aliphatic heterocycles. The summed E-state index contributed by atoms with van der Waals surface area (Å²) in [5, 5.41) is 8.31. The number of carbonyl (C=O) groups is 2. The summed E-state index contributed by atoms with van der Waals surface area (Å²) in [6, 6.07) is 0. The number of hydrogen-bond donors (Lipinski definition) is 1. The van der Waals surface area contributed by atoms with Gasteiger partial charge >= 0.3 is 5.97 Å². The molecule has 1 atom stereocenters. The molecule has 0 aromatic carbocycles. The summed E-state index contributed by atoms with van der Waals surface area (Å²) >= 11 is 1.20. The van der Waals surface area contributed by atoms with E-state index >= 15 is 0 Å². The smallest absolute Gasteiger partial charge is 0.313 e. The van der Waals surface area contributed by atoms with Gasteiger partial charge in [-0.2, -0.15) is 0 Å². The molecule has 0 aromatic heterocycles. The third kappa shape index (κ3) is 4.43. The Bertz CT molecular complexity index is 250. The Hall–Kier alpha value is -0.710. The first-order chi connectivity index (χ1) is 7.61. The monoisotopic (exact) mass is 245 g/mol. The van der Waals surface area contributed by atoms with Crippen LogP contribution in [0, 0.1) is 0 Å². The van der Waals surface area contributed by atoms with Crippen LogP contribution in [0.4, 0.5) is 0 Å². The van der Waals surface area contributed by atoms with Crippen molar-refractivity contribution < 1.29 is 14.7 Å². The van der Waals surface area contributed by atoms with Gasteiger partial charge in [-0.15, -0.1) is 11.8 Å². The van der Waals surface area contributed by atoms with Crippen LogP contribution in [0.5, 0.6) is 0 Å². The molecule has 1 fully saturated rings. The highest BCUT2D eigenvalue weighted by Crippen LogP contribution is 2.16. The second kappa shape index (κ2) is 6.78. The quantitative estimate of drug-likeness (QED) is 0.817. The van der Waals surface area contributed by atoms with Gasteiger partial charge in [0, 0.05) is 13.1 Å². The molecule has 1 amide bonds. The van der Waals surface area contributed by atoms with E-state index < -0.39 is 5.97 Å². The Labute approximate surface area is 100 Å². The summed E-state index contributed by atoms with van der Waals surface area (Å²) in [5.74, 6) is -0.769. The third-order valence-electron chi connectivity index (χ3n) is 2.72. The van der Waals surface area contributed by atoms with Crippen LogP contribution in [-0.2, 0) is 9.59 Å². The summed E-state index contributed by atoms with van der Waals surface area (Å²) < 4.78 is 0. The van der Waals surface area contributed by atoms with E-state index in [1.54, 1.807) is 6.92 Å². The van der Waals surface area contributed by atoms with Gasteiger partial charge in [-0.05, 0) is 19.8 Å². The van der Waals surface area contributed by atoms with Gasteiger partial charge in [0.05, 0.1) is 11.0 Å². The summed E-state index contributed by atoms with van der Waals surface area (Å²) in [4.78, 5) is 24.3. The molecule has 16 heavy (non-hydrogen) atoms. The Balaban J connectivity index is 2.38. The predicted molar refractivity (Wildman–Crippen MR) is 64.6 cm³/mol. The Morgan fingerprint density at radius 1 is 1.25 bits per heavy atom. The van der Waals surface area contributed by atoms with Crippen molar-refractivity contribution in [2.45, 2.75) is 37.9 Å². The third-order valence-corrected chi connectivity index (χ3v) is 3.84. The van der Waals surface area contributed by atoms with Crippen molar-refractivity contribution in [3.05, 3.63) is 0 Å². The van der Waals surface area contributed by atoms with Crippen molar-refractivity contribution in [2.24, 2.45) is 0 Å². The summed E-state index contributed by atoms with van der Waals surface area (Å²) in [6.07, 6.45) is 4.53. The molecule has 0 aliphatic carbocycles. The maximum Gasteiger partial charge on any atom is 0.313 e. The molecule has 0 bridgehead atoms. The minimum atomic E-state index is -0.861. The van der Waals surface area contributed by atoms with Gasteiger partial charge in [-0.25, -0.2) is 0 Å². The van der Waals surface area contributed by atoms with Gasteiger partial charge in [-0.3, -0.25) is 9.59 Å². The van der Waals surface area contributed by atoms with E-state index in [-0.39, 0.29) is 16.9 Å². The molecule has 0 aromatic rings. The van der Waals surface area contributed by atoms with Crippen molar-refractivity contribution in [3.8, 4) is 0 Å².